The van der Waals surface area contributed by atoms with Gasteiger partial charge in [0.2, 0.25) is 0 Å². The second-order valence-electron chi connectivity index (χ2n) is 7.27. The van der Waals surface area contributed by atoms with Crippen molar-refractivity contribution in [2.45, 2.75) is 97.0 Å². The van der Waals surface area contributed by atoms with Crippen molar-refractivity contribution in [3.63, 3.8) is 0 Å². The van der Waals surface area contributed by atoms with Crippen LogP contribution in [0.2, 0.25) is 0 Å². The van der Waals surface area contributed by atoms with E-state index in [1.165, 1.54) is 75.7 Å². The highest BCUT2D eigenvalue weighted by Gasteiger charge is 2.03. The number of hydrogen-bond donors (Lipinski definition) is 0. The van der Waals surface area contributed by atoms with E-state index in [1.54, 1.807) is 12.4 Å². The van der Waals surface area contributed by atoms with Crippen LogP contribution in [0.5, 0.6) is 0 Å². The molecule has 0 fully saturated rings. The molecular formula is C23H39NO2S. The van der Waals surface area contributed by atoms with E-state index >= 15 is 0 Å². The number of carbonyl (C=O) groups excluding carboxylic acids is 1. The molecule has 0 aliphatic rings. The summed E-state index contributed by atoms with van der Waals surface area (Å²) in [6.07, 6.45) is 19.7. The smallest absolute Gasteiger partial charge is 0.306 e. The van der Waals surface area contributed by atoms with Crippen molar-refractivity contribution in [3.05, 3.63) is 30.1 Å². The first-order valence-electron chi connectivity index (χ1n) is 10.9. The van der Waals surface area contributed by atoms with Crippen molar-refractivity contribution >= 4 is 17.7 Å². The van der Waals surface area contributed by atoms with E-state index in [1.807, 2.05) is 12.1 Å². The van der Waals surface area contributed by atoms with Crippen molar-refractivity contribution in [3.8, 4) is 0 Å². The normalized spacial score (nSPS) is 10.9. The van der Waals surface area contributed by atoms with Crippen LogP contribution < -0.4 is 0 Å². The van der Waals surface area contributed by atoms with E-state index < -0.39 is 0 Å². The third-order valence-electron chi connectivity index (χ3n) is 4.68. The van der Waals surface area contributed by atoms with Crippen LogP contribution in [0.15, 0.2) is 24.5 Å². The molecule has 1 rings (SSSR count). The van der Waals surface area contributed by atoms with Crippen LogP contribution in [0.1, 0.15) is 96.0 Å². The molecule has 0 saturated carbocycles. The summed E-state index contributed by atoms with van der Waals surface area (Å²) in [5.74, 6) is 2.53. The van der Waals surface area contributed by atoms with Gasteiger partial charge in [-0.25, -0.2) is 0 Å². The van der Waals surface area contributed by atoms with E-state index in [0.717, 1.165) is 18.4 Å². The number of carbonyl (C=O) groups is 1. The first kappa shape index (κ1) is 24.0. The fourth-order valence-corrected chi connectivity index (χ4v) is 4.01. The quantitative estimate of drug-likeness (QED) is 0.200. The molecular weight excluding hydrogens is 354 g/mol. The van der Waals surface area contributed by atoms with Gasteiger partial charge in [-0.1, -0.05) is 70.8 Å². The van der Waals surface area contributed by atoms with Gasteiger partial charge in [0, 0.05) is 24.4 Å². The molecule has 1 aromatic rings. The van der Waals surface area contributed by atoms with Gasteiger partial charge in [-0.15, -0.1) is 0 Å². The van der Waals surface area contributed by atoms with Crippen LogP contribution in [0.3, 0.4) is 0 Å². The van der Waals surface area contributed by atoms with E-state index in [4.69, 9.17) is 4.74 Å². The number of hydrogen-bond acceptors (Lipinski definition) is 4. The highest BCUT2D eigenvalue weighted by atomic mass is 32.2. The van der Waals surface area contributed by atoms with Crippen LogP contribution in [0.4, 0.5) is 0 Å². The molecule has 0 atom stereocenters. The van der Waals surface area contributed by atoms with Crippen LogP contribution in [-0.2, 0) is 16.1 Å². The molecule has 0 bridgehead atoms. The summed E-state index contributed by atoms with van der Waals surface area (Å²) in [6, 6.07) is 3.78. The Kier molecular flexibility index (Phi) is 16.3. The van der Waals surface area contributed by atoms with Crippen LogP contribution in [0, 0.1) is 0 Å². The van der Waals surface area contributed by atoms with E-state index in [9.17, 15) is 4.79 Å². The molecule has 0 aliphatic carbocycles. The highest BCUT2D eigenvalue weighted by molar-refractivity contribution is 7.99. The zero-order valence-electron chi connectivity index (χ0n) is 17.3. The first-order valence-corrected chi connectivity index (χ1v) is 12.1. The lowest BCUT2D eigenvalue weighted by Gasteiger charge is -2.05. The molecule has 0 amide bonds. The lowest BCUT2D eigenvalue weighted by molar-refractivity contribution is -0.145. The van der Waals surface area contributed by atoms with E-state index in [-0.39, 0.29) is 5.97 Å². The van der Waals surface area contributed by atoms with Gasteiger partial charge in [0.05, 0.1) is 0 Å². The molecule has 0 radical (unpaired) electrons. The maximum atomic E-state index is 11.7. The summed E-state index contributed by atoms with van der Waals surface area (Å²) in [4.78, 5) is 15.7. The van der Waals surface area contributed by atoms with Gasteiger partial charge in [-0.3, -0.25) is 9.78 Å². The molecule has 3 nitrogen and oxygen atoms in total. The zero-order valence-corrected chi connectivity index (χ0v) is 18.1. The molecule has 0 aliphatic heterocycles. The summed E-state index contributed by atoms with van der Waals surface area (Å²) in [5.41, 5.74) is 0.944. The number of unbranched alkanes of at least 4 members (excludes halogenated alkanes) is 10. The Hall–Kier alpha value is -1.03. The molecule has 0 N–H and O–H groups in total. The fraction of sp³-hybridized carbons (Fsp3) is 0.739. The maximum Gasteiger partial charge on any atom is 0.306 e. The van der Waals surface area contributed by atoms with Crippen molar-refractivity contribution in [2.24, 2.45) is 0 Å². The molecule has 0 aromatic carbocycles. The topological polar surface area (TPSA) is 39.2 Å². The third-order valence-corrected chi connectivity index (χ3v) is 5.84. The number of pyridine rings is 1. The lowest BCUT2D eigenvalue weighted by atomic mass is 10.1. The molecule has 0 spiro atoms. The lowest BCUT2D eigenvalue weighted by Crippen LogP contribution is -2.04. The van der Waals surface area contributed by atoms with Crippen LogP contribution >= 0.6 is 11.8 Å². The second-order valence-corrected chi connectivity index (χ2v) is 8.50. The summed E-state index contributed by atoms with van der Waals surface area (Å²) in [7, 11) is 0. The van der Waals surface area contributed by atoms with Crippen molar-refractivity contribution in [1.29, 1.82) is 0 Å². The Balaban J connectivity index is 1.77. The molecule has 1 heterocycles. The Bertz CT molecular complexity index is 453. The van der Waals surface area contributed by atoms with Gasteiger partial charge in [0.25, 0.3) is 0 Å². The third kappa shape index (κ3) is 15.7. The average molecular weight is 394 g/mol. The van der Waals surface area contributed by atoms with Gasteiger partial charge in [0.15, 0.2) is 0 Å². The number of rotatable bonds is 18. The Morgan fingerprint density at radius 3 is 2.19 bits per heavy atom. The van der Waals surface area contributed by atoms with Gasteiger partial charge in [0.1, 0.15) is 6.61 Å². The predicted molar refractivity (Wildman–Crippen MR) is 117 cm³/mol. The number of nitrogens with zero attached hydrogens (tertiary/aromatic N) is 1. The molecule has 4 heteroatoms. The summed E-state index contributed by atoms with van der Waals surface area (Å²) in [5, 5.41) is 0. The Morgan fingerprint density at radius 2 is 1.56 bits per heavy atom. The van der Waals surface area contributed by atoms with Gasteiger partial charge in [-0.2, -0.15) is 11.8 Å². The van der Waals surface area contributed by atoms with Gasteiger partial charge in [-0.05, 0) is 36.8 Å². The second kappa shape index (κ2) is 18.3. The van der Waals surface area contributed by atoms with Gasteiger partial charge < -0.3 is 4.74 Å². The molecule has 1 aromatic heterocycles. The van der Waals surface area contributed by atoms with E-state index in [2.05, 4.69) is 23.7 Å². The minimum atomic E-state index is -0.0934. The Labute approximate surface area is 171 Å². The number of thioether (sulfide) groups is 1. The summed E-state index contributed by atoms with van der Waals surface area (Å²) in [6.45, 7) is 2.61. The molecule has 0 saturated heterocycles. The van der Waals surface area contributed by atoms with E-state index in [0.29, 0.717) is 13.0 Å². The van der Waals surface area contributed by atoms with Crippen LogP contribution in [-0.4, -0.2) is 22.5 Å². The minimum Gasteiger partial charge on any atom is -0.461 e. The number of esters is 1. The molecule has 0 unspecified atom stereocenters. The van der Waals surface area contributed by atoms with Crippen molar-refractivity contribution in [1.82, 2.24) is 4.98 Å². The highest BCUT2D eigenvalue weighted by Crippen LogP contribution is 2.13. The van der Waals surface area contributed by atoms with Gasteiger partial charge >= 0.3 is 5.97 Å². The van der Waals surface area contributed by atoms with Crippen molar-refractivity contribution in [2.75, 3.05) is 11.5 Å². The SMILES string of the molecule is CCCCCCCCCSCCCCCCCC(=O)OCc1cccnc1. The summed E-state index contributed by atoms with van der Waals surface area (Å²) >= 11 is 2.12. The average Bonchev–Trinajstić information content (AvgIpc) is 2.70. The monoisotopic (exact) mass is 393 g/mol. The standard InChI is InChI=1S/C23H39NO2S/c1-2-3-4-5-6-9-12-18-27-19-13-10-7-8-11-16-23(25)26-21-22-15-14-17-24-20-22/h14-15,17,20H,2-13,16,18-19,21H2,1H3. The zero-order chi connectivity index (χ0) is 19.4. The summed E-state index contributed by atoms with van der Waals surface area (Å²) < 4.78 is 5.26. The predicted octanol–water partition coefficient (Wildman–Crippen LogP) is 6.95. The first-order chi connectivity index (χ1) is 13.3. The molecule has 27 heavy (non-hydrogen) atoms. The minimum absolute atomic E-state index is 0.0934. The largest absolute Gasteiger partial charge is 0.461 e. The molecule has 154 valence electrons. The number of ether oxygens (including phenoxy) is 1. The Morgan fingerprint density at radius 1 is 0.926 bits per heavy atom. The fourth-order valence-electron chi connectivity index (χ4n) is 2.99. The van der Waals surface area contributed by atoms with Crippen molar-refractivity contribution < 1.29 is 9.53 Å². The maximum absolute atomic E-state index is 11.7. The number of aromatic nitrogens is 1. The van der Waals surface area contributed by atoms with Crippen LogP contribution in [0.25, 0.3) is 0 Å².